The zero-order valence-electron chi connectivity index (χ0n) is 16.4. The molecule has 0 saturated carbocycles. The van der Waals surface area contributed by atoms with E-state index in [-0.39, 0.29) is 15.7 Å². The number of carbonyl (C=O) groups is 1. The lowest BCUT2D eigenvalue weighted by Crippen LogP contribution is -2.38. The molecule has 0 bridgehead atoms. The lowest BCUT2D eigenvalue weighted by atomic mass is 10.2. The summed E-state index contributed by atoms with van der Waals surface area (Å²) in [5.74, 6) is 2.08. The largest absolute Gasteiger partial charge is 0.494 e. The summed E-state index contributed by atoms with van der Waals surface area (Å²) in [5, 5.41) is 4.50. The number of unbranched alkanes of at least 4 members (excludes halogenated alkanes) is 1. The van der Waals surface area contributed by atoms with Gasteiger partial charge in [-0.05, 0) is 43.3 Å². The number of carbonyl (C=O) groups excluding carboxylic acids is 1. The number of hydrogen-bond acceptors (Lipinski definition) is 6. The van der Waals surface area contributed by atoms with E-state index in [0.717, 1.165) is 30.1 Å². The van der Waals surface area contributed by atoms with Crippen molar-refractivity contribution in [1.29, 1.82) is 0 Å². The van der Waals surface area contributed by atoms with E-state index >= 15 is 0 Å². The molecule has 1 aliphatic heterocycles. The Morgan fingerprint density at radius 1 is 1.14 bits per heavy atom. The van der Waals surface area contributed by atoms with E-state index in [0.29, 0.717) is 26.2 Å². The smallest absolute Gasteiger partial charge is 0.262 e. The van der Waals surface area contributed by atoms with Crippen molar-refractivity contribution in [2.24, 2.45) is 0 Å². The van der Waals surface area contributed by atoms with Crippen LogP contribution < -0.4 is 10.1 Å². The molecule has 3 rings (SSSR count). The number of thiophene rings is 1. The molecular formula is C20H26N2O4S3. The Hall–Kier alpha value is -1.55. The lowest BCUT2D eigenvalue weighted by molar-refractivity contribution is 0.0953. The van der Waals surface area contributed by atoms with Crippen molar-refractivity contribution >= 4 is 39.0 Å². The van der Waals surface area contributed by atoms with E-state index < -0.39 is 10.0 Å². The van der Waals surface area contributed by atoms with Crippen molar-refractivity contribution in [2.45, 2.75) is 24.7 Å². The molecule has 1 aromatic heterocycles. The first-order chi connectivity index (χ1) is 14.0. The van der Waals surface area contributed by atoms with E-state index in [1.807, 2.05) is 31.2 Å². The topological polar surface area (TPSA) is 75.7 Å². The van der Waals surface area contributed by atoms with Crippen LogP contribution in [0.25, 0.3) is 0 Å². The number of thioether (sulfide) groups is 1. The van der Waals surface area contributed by atoms with E-state index in [2.05, 4.69) is 5.32 Å². The molecule has 1 amide bonds. The predicted molar refractivity (Wildman–Crippen MR) is 119 cm³/mol. The summed E-state index contributed by atoms with van der Waals surface area (Å²) in [6.07, 6.45) is 1.56. The van der Waals surface area contributed by atoms with Crippen LogP contribution in [0.1, 0.15) is 28.1 Å². The van der Waals surface area contributed by atoms with Gasteiger partial charge in [0.1, 0.15) is 15.5 Å². The number of rotatable bonds is 9. The third kappa shape index (κ3) is 5.97. The van der Waals surface area contributed by atoms with Gasteiger partial charge in [0.2, 0.25) is 10.0 Å². The molecule has 6 nitrogen and oxygen atoms in total. The lowest BCUT2D eigenvalue weighted by Gasteiger charge is -2.25. The zero-order valence-corrected chi connectivity index (χ0v) is 18.9. The quantitative estimate of drug-likeness (QED) is 0.588. The SMILES string of the molecule is Cc1ccc(OCCCCNC(=O)c2sccc2S(=O)(=O)N2CCSCC2)cc1. The fourth-order valence-electron chi connectivity index (χ4n) is 2.93. The van der Waals surface area contributed by atoms with Crippen molar-refractivity contribution in [3.63, 3.8) is 0 Å². The van der Waals surface area contributed by atoms with Crippen LogP contribution in [0.15, 0.2) is 40.6 Å². The first kappa shape index (κ1) is 22.1. The van der Waals surface area contributed by atoms with Gasteiger partial charge in [-0.2, -0.15) is 16.1 Å². The fourth-order valence-corrected chi connectivity index (χ4v) is 6.82. The number of ether oxygens (including phenoxy) is 1. The third-order valence-corrected chi connectivity index (χ3v) is 8.50. The van der Waals surface area contributed by atoms with Gasteiger partial charge in [-0.3, -0.25) is 4.79 Å². The summed E-state index contributed by atoms with van der Waals surface area (Å²) in [7, 11) is -3.62. The second kappa shape index (κ2) is 10.5. The second-order valence-corrected chi connectivity index (χ2v) is 10.8. The van der Waals surface area contributed by atoms with Crippen LogP contribution in [0.5, 0.6) is 5.75 Å². The molecule has 2 heterocycles. The minimum absolute atomic E-state index is 0.120. The van der Waals surface area contributed by atoms with Gasteiger partial charge in [0.15, 0.2) is 0 Å². The van der Waals surface area contributed by atoms with Gasteiger partial charge >= 0.3 is 0 Å². The van der Waals surface area contributed by atoms with Crippen LogP contribution in [0, 0.1) is 6.92 Å². The minimum atomic E-state index is -3.62. The number of benzene rings is 1. The Morgan fingerprint density at radius 2 is 1.86 bits per heavy atom. The average molecular weight is 455 g/mol. The zero-order chi connectivity index (χ0) is 20.7. The van der Waals surface area contributed by atoms with Gasteiger partial charge in [0, 0.05) is 31.1 Å². The van der Waals surface area contributed by atoms with E-state index in [1.165, 1.54) is 27.3 Å². The number of sulfonamides is 1. The van der Waals surface area contributed by atoms with Gasteiger partial charge < -0.3 is 10.1 Å². The van der Waals surface area contributed by atoms with Crippen molar-refractivity contribution < 1.29 is 17.9 Å². The van der Waals surface area contributed by atoms with Gasteiger partial charge in [0.05, 0.1) is 6.61 Å². The first-order valence-electron chi connectivity index (χ1n) is 9.61. The highest BCUT2D eigenvalue weighted by Gasteiger charge is 2.30. The van der Waals surface area contributed by atoms with Crippen LogP contribution in [0.3, 0.4) is 0 Å². The highest BCUT2D eigenvalue weighted by molar-refractivity contribution is 7.99. The van der Waals surface area contributed by atoms with Crippen molar-refractivity contribution in [3.05, 3.63) is 46.2 Å². The molecular weight excluding hydrogens is 428 g/mol. The van der Waals surface area contributed by atoms with Crippen molar-refractivity contribution in [3.8, 4) is 5.75 Å². The Morgan fingerprint density at radius 3 is 2.59 bits per heavy atom. The van der Waals surface area contributed by atoms with Gasteiger partial charge in [-0.25, -0.2) is 8.42 Å². The molecule has 0 unspecified atom stereocenters. The molecule has 1 saturated heterocycles. The molecule has 9 heteroatoms. The number of aryl methyl sites for hydroxylation is 1. The minimum Gasteiger partial charge on any atom is -0.494 e. The van der Waals surface area contributed by atoms with Crippen molar-refractivity contribution in [1.82, 2.24) is 9.62 Å². The summed E-state index contributed by atoms with van der Waals surface area (Å²) in [4.78, 5) is 12.9. The molecule has 1 aliphatic rings. The normalized spacial score (nSPS) is 15.2. The summed E-state index contributed by atoms with van der Waals surface area (Å²) in [6, 6.07) is 9.43. The van der Waals surface area contributed by atoms with Gasteiger partial charge in [-0.15, -0.1) is 11.3 Å². The first-order valence-corrected chi connectivity index (χ1v) is 13.1. The molecule has 0 radical (unpaired) electrons. The van der Waals surface area contributed by atoms with Crippen LogP contribution in [0.4, 0.5) is 0 Å². The number of nitrogens with one attached hydrogen (secondary N) is 1. The molecule has 0 spiro atoms. The third-order valence-electron chi connectivity index (χ3n) is 4.57. The molecule has 0 aliphatic carbocycles. The molecule has 1 aromatic carbocycles. The molecule has 1 fully saturated rings. The Labute approximate surface area is 180 Å². The molecule has 2 aromatic rings. The maximum Gasteiger partial charge on any atom is 0.262 e. The molecule has 0 atom stereocenters. The van der Waals surface area contributed by atoms with Crippen LogP contribution in [0.2, 0.25) is 0 Å². The maximum absolute atomic E-state index is 12.9. The Kier molecular flexibility index (Phi) is 7.99. The summed E-state index contributed by atoms with van der Waals surface area (Å²) in [5.41, 5.74) is 1.19. The fraction of sp³-hybridized carbons (Fsp3) is 0.450. The highest BCUT2D eigenvalue weighted by Crippen LogP contribution is 2.27. The Bertz CT molecular complexity index is 904. The number of nitrogens with zero attached hydrogens (tertiary/aromatic N) is 1. The summed E-state index contributed by atoms with van der Waals surface area (Å²) in [6.45, 7) is 4.07. The molecule has 29 heavy (non-hydrogen) atoms. The Balaban J connectivity index is 1.45. The maximum atomic E-state index is 12.9. The number of hydrogen-bond donors (Lipinski definition) is 1. The van der Waals surface area contributed by atoms with Crippen LogP contribution >= 0.6 is 23.1 Å². The van der Waals surface area contributed by atoms with Gasteiger partial charge in [0.25, 0.3) is 5.91 Å². The molecule has 1 N–H and O–H groups in total. The van der Waals surface area contributed by atoms with E-state index in [9.17, 15) is 13.2 Å². The molecule has 158 valence electrons. The predicted octanol–water partition coefficient (Wildman–Crippen LogP) is 3.38. The van der Waals surface area contributed by atoms with E-state index in [1.54, 1.807) is 17.1 Å². The van der Waals surface area contributed by atoms with Gasteiger partial charge in [-0.1, -0.05) is 17.7 Å². The number of amides is 1. The van der Waals surface area contributed by atoms with E-state index in [4.69, 9.17) is 4.74 Å². The standard InChI is InChI=1S/C20H26N2O4S3/c1-16-4-6-17(7-5-16)26-12-3-2-9-21-20(23)19-18(8-13-28-19)29(24,25)22-10-14-27-15-11-22/h4-8,13H,2-3,9-12,14-15H2,1H3,(H,21,23). The van der Waals surface area contributed by atoms with Crippen LogP contribution in [-0.4, -0.2) is 56.4 Å². The van der Waals surface area contributed by atoms with Crippen LogP contribution in [-0.2, 0) is 10.0 Å². The monoisotopic (exact) mass is 454 g/mol. The average Bonchev–Trinajstić information content (AvgIpc) is 3.23. The second-order valence-electron chi connectivity index (χ2n) is 6.75. The summed E-state index contributed by atoms with van der Waals surface area (Å²) >= 11 is 2.91. The highest BCUT2D eigenvalue weighted by atomic mass is 32.2. The summed E-state index contributed by atoms with van der Waals surface area (Å²) < 4.78 is 32.9. The van der Waals surface area contributed by atoms with Crippen molar-refractivity contribution in [2.75, 3.05) is 37.7 Å².